The monoisotopic (exact) mass is 412 g/mol. The Kier molecular flexibility index (Phi) is 6.62. The number of aryl methyl sites for hydroxylation is 1. The minimum Gasteiger partial charge on any atom is -0.350 e. The molecule has 0 saturated heterocycles. The van der Waals surface area contributed by atoms with Crippen LogP contribution in [-0.2, 0) is 6.54 Å². The van der Waals surface area contributed by atoms with Gasteiger partial charge in [-0.3, -0.25) is 9.48 Å². The van der Waals surface area contributed by atoms with Crippen molar-refractivity contribution >= 4 is 5.91 Å². The maximum atomic E-state index is 14.3. The van der Waals surface area contributed by atoms with Crippen molar-refractivity contribution in [1.29, 1.82) is 0 Å². The Labute approximate surface area is 175 Å². The molecule has 30 heavy (non-hydrogen) atoms. The number of amides is 1. The van der Waals surface area contributed by atoms with Crippen LogP contribution in [-0.4, -0.2) is 41.2 Å². The topological polar surface area (TPSA) is 50.2 Å². The zero-order valence-corrected chi connectivity index (χ0v) is 17.6. The number of hydrogen-bond acceptors (Lipinski definition) is 3. The van der Waals surface area contributed by atoms with Crippen molar-refractivity contribution in [2.24, 2.45) is 0 Å². The number of aromatic nitrogens is 2. The van der Waals surface area contributed by atoms with Gasteiger partial charge in [0.2, 0.25) is 0 Å². The summed E-state index contributed by atoms with van der Waals surface area (Å²) in [6, 6.07) is 13.0. The molecular formula is C23H26F2N4O. The summed E-state index contributed by atoms with van der Waals surface area (Å²) >= 11 is 0. The molecule has 1 N–H and O–H groups in total. The summed E-state index contributed by atoms with van der Waals surface area (Å²) in [5.41, 5.74) is 2.86. The number of nitrogens with one attached hydrogen (secondary N) is 1. The van der Waals surface area contributed by atoms with Gasteiger partial charge in [-0.15, -0.1) is 0 Å². The van der Waals surface area contributed by atoms with Crippen molar-refractivity contribution in [3.05, 3.63) is 88.2 Å². The third kappa shape index (κ3) is 4.57. The zero-order valence-electron chi connectivity index (χ0n) is 17.6. The van der Waals surface area contributed by atoms with Crippen LogP contribution in [0.3, 0.4) is 0 Å². The first-order valence-corrected chi connectivity index (χ1v) is 9.76. The van der Waals surface area contributed by atoms with Crippen molar-refractivity contribution < 1.29 is 13.6 Å². The van der Waals surface area contributed by atoms with Crippen molar-refractivity contribution in [3.8, 4) is 0 Å². The Bertz CT molecular complexity index is 1010. The molecule has 0 aliphatic rings. The van der Waals surface area contributed by atoms with Gasteiger partial charge in [-0.05, 0) is 45.6 Å². The summed E-state index contributed by atoms with van der Waals surface area (Å²) in [7, 11) is 3.44. The van der Waals surface area contributed by atoms with Crippen molar-refractivity contribution in [2.75, 3.05) is 20.6 Å². The summed E-state index contributed by atoms with van der Waals surface area (Å²) in [5, 5.41) is 7.33. The normalized spacial score (nSPS) is 12.2. The van der Waals surface area contributed by atoms with Gasteiger partial charge in [0, 0.05) is 17.8 Å². The molecule has 0 radical (unpaired) electrons. The fourth-order valence-corrected chi connectivity index (χ4v) is 3.59. The van der Waals surface area contributed by atoms with E-state index in [1.54, 1.807) is 30.6 Å². The maximum Gasteiger partial charge on any atom is 0.255 e. The smallest absolute Gasteiger partial charge is 0.255 e. The summed E-state index contributed by atoms with van der Waals surface area (Å²) in [6.07, 6.45) is 0. The summed E-state index contributed by atoms with van der Waals surface area (Å²) in [6.45, 7) is 4.25. The molecule has 7 heteroatoms. The van der Waals surface area contributed by atoms with Gasteiger partial charge in [-0.2, -0.15) is 5.10 Å². The van der Waals surface area contributed by atoms with E-state index in [1.165, 1.54) is 18.2 Å². The molecule has 2 aromatic carbocycles. The van der Waals surface area contributed by atoms with Crippen molar-refractivity contribution in [2.45, 2.75) is 26.4 Å². The van der Waals surface area contributed by atoms with Crippen LogP contribution in [0.2, 0.25) is 0 Å². The molecule has 1 aromatic heterocycles. The lowest BCUT2D eigenvalue weighted by atomic mass is 10.0. The highest BCUT2D eigenvalue weighted by Crippen LogP contribution is 2.24. The Morgan fingerprint density at radius 2 is 1.70 bits per heavy atom. The van der Waals surface area contributed by atoms with Gasteiger partial charge in [-0.25, -0.2) is 8.78 Å². The van der Waals surface area contributed by atoms with Gasteiger partial charge in [0.05, 0.1) is 23.8 Å². The van der Waals surface area contributed by atoms with E-state index in [4.69, 9.17) is 0 Å². The van der Waals surface area contributed by atoms with Crippen LogP contribution in [0.25, 0.3) is 0 Å². The number of likely N-dealkylation sites (N-methyl/N-ethyl adjacent to an activating group) is 1. The first-order valence-electron chi connectivity index (χ1n) is 9.76. The van der Waals surface area contributed by atoms with E-state index in [-0.39, 0.29) is 18.0 Å². The highest BCUT2D eigenvalue weighted by molar-refractivity contribution is 5.96. The molecule has 0 spiro atoms. The third-order valence-corrected chi connectivity index (χ3v) is 5.20. The quantitative estimate of drug-likeness (QED) is 0.641. The fraction of sp³-hybridized carbons (Fsp3) is 0.304. The maximum absolute atomic E-state index is 14.3. The predicted molar refractivity (Wildman–Crippen MR) is 112 cm³/mol. The van der Waals surface area contributed by atoms with Crippen molar-refractivity contribution in [1.82, 2.24) is 20.0 Å². The minimum absolute atomic E-state index is 0.0592. The highest BCUT2D eigenvalue weighted by atomic mass is 19.1. The number of benzene rings is 2. The molecule has 3 aromatic rings. The average Bonchev–Trinajstić information content (AvgIpc) is 2.97. The molecule has 5 nitrogen and oxygen atoms in total. The number of carbonyl (C=O) groups excluding carboxylic acids is 1. The Morgan fingerprint density at radius 1 is 1.07 bits per heavy atom. The SMILES string of the molecule is Cc1nn(Cc2ccccc2)c(C)c1C(=O)NCC(c1c(F)cccc1F)N(C)C. The summed E-state index contributed by atoms with van der Waals surface area (Å²) < 4.78 is 30.3. The summed E-state index contributed by atoms with van der Waals surface area (Å²) in [4.78, 5) is 14.6. The van der Waals surface area contributed by atoms with Crippen LogP contribution in [0.5, 0.6) is 0 Å². The molecule has 1 unspecified atom stereocenters. The Balaban J connectivity index is 1.78. The number of halogens is 2. The molecule has 1 heterocycles. The molecule has 0 bridgehead atoms. The molecule has 1 amide bonds. The van der Waals surface area contributed by atoms with E-state index in [0.717, 1.165) is 11.3 Å². The van der Waals surface area contributed by atoms with E-state index in [1.807, 2.05) is 37.3 Å². The number of nitrogens with zero attached hydrogens (tertiary/aromatic N) is 3. The standard InChI is InChI=1S/C23H26F2N4O/c1-15-21(16(2)29(27-15)14-17-9-6-5-7-10-17)23(30)26-13-20(28(3)4)22-18(24)11-8-12-19(22)25/h5-12,20H,13-14H2,1-4H3,(H,26,30). The molecule has 0 aliphatic carbocycles. The minimum atomic E-state index is -0.643. The number of hydrogen-bond donors (Lipinski definition) is 1. The average molecular weight is 412 g/mol. The summed E-state index contributed by atoms with van der Waals surface area (Å²) in [5.74, 6) is -1.58. The second-order valence-electron chi connectivity index (χ2n) is 7.51. The van der Waals surface area contributed by atoms with Crippen LogP contribution in [0.15, 0.2) is 48.5 Å². The molecule has 158 valence electrons. The van der Waals surface area contributed by atoms with E-state index in [0.29, 0.717) is 17.8 Å². The van der Waals surface area contributed by atoms with Gasteiger partial charge in [0.15, 0.2) is 0 Å². The van der Waals surface area contributed by atoms with E-state index < -0.39 is 17.7 Å². The molecule has 1 atom stereocenters. The lowest BCUT2D eigenvalue weighted by Gasteiger charge is -2.26. The van der Waals surface area contributed by atoms with Crippen LogP contribution in [0.1, 0.15) is 38.9 Å². The van der Waals surface area contributed by atoms with Gasteiger partial charge >= 0.3 is 0 Å². The first-order chi connectivity index (χ1) is 14.3. The second-order valence-corrected chi connectivity index (χ2v) is 7.51. The van der Waals surface area contributed by atoms with Gasteiger partial charge in [0.25, 0.3) is 5.91 Å². The third-order valence-electron chi connectivity index (χ3n) is 5.20. The van der Waals surface area contributed by atoms with E-state index in [2.05, 4.69) is 10.4 Å². The lowest BCUT2D eigenvalue weighted by Crippen LogP contribution is -2.36. The van der Waals surface area contributed by atoms with Crippen LogP contribution >= 0.6 is 0 Å². The molecular weight excluding hydrogens is 386 g/mol. The van der Waals surface area contributed by atoms with Crippen LogP contribution in [0, 0.1) is 25.5 Å². The van der Waals surface area contributed by atoms with Crippen LogP contribution < -0.4 is 5.32 Å². The Morgan fingerprint density at radius 3 is 2.30 bits per heavy atom. The van der Waals surface area contributed by atoms with Crippen molar-refractivity contribution in [3.63, 3.8) is 0 Å². The number of rotatable bonds is 7. The second kappa shape index (κ2) is 9.17. The molecule has 3 rings (SSSR count). The lowest BCUT2D eigenvalue weighted by molar-refractivity contribution is 0.0939. The van der Waals surface area contributed by atoms with Gasteiger partial charge in [0.1, 0.15) is 11.6 Å². The fourth-order valence-electron chi connectivity index (χ4n) is 3.59. The highest BCUT2D eigenvalue weighted by Gasteiger charge is 2.25. The predicted octanol–water partition coefficient (Wildman–Crippen LogP) is 3.86. The first kappa shape index (κ1) is 21.6. The van der Waals surface area contributed by atoms with Gasteiger partial charge < -0.3 is 10.2 Å². The van der Waals surface area contributed by atoms with Gasteiger partial charge in [-0.1, -0.05) is 36.4 Å². The Hall–Kier alpha value is -3.06. The molecule has 0 aliphatic heterocycles. The largest absolute Gasteiger partial charge is 0.350 e. The van der Waals surface area contributed by atoms with E-state index >= 15 is 0 Å². The van der Waals surface area contributed by atoms with E-state index in [9.17, 15) is 13.6 Å². The van der Waals surface area contributed by atoms with Crippen LogP contribution in [0.4, 0.5) is 8.78 Å². The molecule has 0 fully saturated rings. The molecule has 0 saturated carbocycles. The number of carbonyl (C=O) groups is 1. The zero-order chi connectivity index (χ0) is 21.8.